The number of alkyl halides is 1. The summed E-state index contributed by atoms with van der Waals surface area (Å²) in [6.45, 7) is 5.81. The molecule has 0 heterocycles. The first-order chi connectivity index (χ1) is 8.25. The molecule has 0 fully saturated rings. The molecule has 100 valence electrons. The van der Waals surface area contributed by atoms with E-state index in [1.54, 1.807) is 7.11 Å². The van der Waals surface area contributed by atoms with E-state index in [1.165, 1.54) is 0 Å². The molecule has 4 heteroatoms. The van der Waals surface area contributed by atoms with Crippen LogP contribution >= 0.6 is 31.9 Å². The minimum absolute atomic E-state index is 0.164. The van der Waals surface area contributed by atoms with Crippen LogP contribution in [0.1, 0.15) is 26.3 Å². The third kappa shape index (κ3) is 4.09. The third-order valence-electron chi connectivity index (χ3n) is 2.65. The maximum atomic E-state index is 12.1. The summed E-state index contributed by atoms with van der Waals surface area (Å²) in [7, 11) is 1.63. The normalized spacial score (nSPS) is 13.2. The maximum Gasteiger partial charge on any atom is 0.152 e. The number of ketones is 1. The number of benzene rings is 1. The topological polar surface area (TPSA) is 26.3 Å². The smallest absolute Gasteiger partial charge is 0.152 e. The predicted molar refractivity (Wildman–Crippen MR) is 81.6 cm³/mol. The molecule has 1 rings (SSSR count). The SMILES string of the molecule is COc1cc(CC(Br)C(=O)C(C)(C)C)ccc1Br. The van der Waals surface area contributed by atoms with Crippen molar-refractivity contribution in [3.63, 3.8) is 0 Å². The Kier molecular flexibility index (Phi) is 5.41. The zero-order valence-corrected chi connectivity index (χ0v) is 14.3. The lowest BCUT2D eigenvalue weighted by atomic mass is 9.87. The Labute approximate surface area is 125 Å². The highest BCUT2D eigenvalue weighted by Gasteiger charge is 2.27. The van der Waals surface area contributed by atoms with Gasteiger partial charge in [-0.2, -0.15) is 0 Å². The molecule has 1 aromatic rings. The number of ether oxygens (including phenoxy) is 1. The van der Waals surface area contributed by atoms with E-state index < -0.39 is 0 Å². The van der Waals surface area contributed by atoms with Crippen LogP contribution in [-0.2, 0) is 11.2 Å². The molecular formula is C14H18Br2O2. The van der Waals surface area contributed by atoms with Gasteiger partial charge in [0.1, 0.15) is 5.75 Å². The summed E-state index contributed by atoms with van der Waals surface area (Å²) in [6, 6.07) is 5.89. The second-order valence-electron chi connectivity index (χ2n) is 5.25. The molecule has 2 nitrogen and oxygen atoms in total. The number of hydrogen-bond acceptors (Lipinski definition) is 2. The maximum absolute atomic E-state index is 12.1. The van der Waals surface area contributed by atoms with Gasteiger partial charge in [-0.05, 0) is 40.0 Å². The molecule has 0 saturated carbocycles. The number of hydrogen-bond donors (Lipinski definition) is 0. The van der Waals surface area contributed by atoms with Gasteiger partial charge >= 0.3 is 0 Å². The first-order valence-electron chi connectivity index (χ1n) is 5.76. The van der Waals surface area contributed by atoms with Crippen molar-refractivity contribution in [1.82, 2.24) is 0 Å². The monoisotopic (exact) mass is 376 g/mol. The van der Waals surface area contributed by atoms with Gasteiger partial charge in [0.15, 0.2) is 5.78 Å². The second kappa shape index (κ2) is 6.20. The Balaban J connectivity index is 2.82. The van der Waals surface area contributed by atoms with Gasteiger partial charge in [-0.15, -0.1) is 0 Å². The third-order valence-corrected chi connectivity index (χ3v) is 4.05. The van der Waals surface area contributed by atoms with Crippen LogP contribution in [0.15, 0.2) is 22.7 Å². The van der Waals surface area contributed by atoms with E-state index in [0.29, 0.717) is 6.42 Å². The molecule has 1 aromatic carbocycles. The molecule has 0 amide bonds. The summed E-state index contributed by atoms with van der Waals surface area (Å²) in [4.78, 5) is 11.9. The van der Waals surface area contributed by atoms with Gasteiger partial charge in [0.05, 0.1) is 16.4 Å². The Bertz CT molecular complexity index is 436. The van der Waals surface area contributed by atoms with E-state index in [2.05, 4.69) is 31.9 Å². The fourth-order valence-electron chi connectivity index (χ4n) is 1.60. The Hall–Kier alpha value is -0.350. The van der Waals surface area contributed by atoms with E-state index in [0.717, 1.165) is 15.8 Å². The van der Waals surface area contributed by atoms with Gasteiger partial charge < -0.3 is 4.74 Å². The summed E-state index contributed by atoms with van der Waals surface area (Å²) in [6.07, 6.45) is 0.666. The van der Waals surface area contributed by atoms with Gasteiger partial charge in [0.2, 0.25) is 0 Å². The van der Waals surface area contributed by atoms with Crippen molar-refractivity contribution in [3.05, 3.63) is 28.2 Å². The second-order valence-corrected chi connectivity index (χ2v) is 7.21. The highest BCUT2D eigenvalue weighted by Crippen LogP contribution is 2.28. The zero-order chi connectivity index (χ0) is 13.9. The lowest BCUT2D eigenvalue weighted by Crippen LogP contribution is -2.30. The number of carbonyl (C=O) groups is 1. The largest absolute Gasteiger partial charge is 0.496 e. The quantitative estimate of drug-likeness (QED) is 0.728. The van der Waals surface area contributed by atoms with Crippen LogP contribution in [0.25, 0.3) is 0 Å². The summed E-state index contributed by atoms with van der Waals surface area (Å²) >= 11 is 6.89. The van der Waals surface area contributed by atoms with Crippen molar-refractivity contribution in [3.8, 4) is 5.75 Å². The van der Waals surface area contributed by atoms with Crippen LogP contribution in [0.3, 0.4) is 0 Å². The lowest BCUT2D eigenvalue weighted by Gasteiger charge is -2.20. The average Bonchev–Trinajstić information content (AvgIpc) is 2.29. The van der Waals surface area contributed by atoms with Crippen molar-refractivity contribution in [2.45, 2.75) is 32.0 Å². The molecular weight excluding hydrogens is 360 g/mol. The van der Waals surface area contributed by atoms with E-state index in [-0.39, 0.29) is 16.0 Å². The first kappa shape index (κ1) is 15.7. The lowest BCUT2D eigenvalue weighted by molar-refractivity contribution is -0.125. The minimum atomic E-state index is -0.326. The average molecular weight is 378 g/mol. The van der Waals surface area contributed by atoms with E-state index >= 15 is 0 Å². The molecule has 0 aliphatic heterocycles. The molecule has 0 bridgehead atoms. The van der Waals surface area contributed by atoms with Crippen molar-refractivity contribution in [1.29, 1.82) is 0 Å². The summed E-state index contributed by atoms with van der Waals surface area (Å²) < 4.78 is 6.17. The van der Waals surface area contributed by atoms with Gasteiger partial charge in [-0.25, -0.2) is 0 Å². The highest BCUT2D eigenvalue weighted by molar-refractivity contribution is 9.10. The van der Waals surface area contributed by atoms with Crippen molar-refractivity contribution < 1.29 is 9.53 Å². The minimum Gasteiger partial charge on any atom is -0.496 e. The van der Waals surface area contributed by atoms with Gasteiger partial charge in [-0.1, -0.05) is 42.8 Å². The number of halogens is 2. The van der Waals surface area contributed by atoms with E-state index in [1.807, 2.05) is 39.0 Å². The van der Waals surface area contributed by atoms with Crippen molar-refractivity contribution in [2.24, 2.45) is 5.41 Å². The zero-order valence-electron chi connectivity index (χ0n) is 11.1. The summed E-state index contributed by atoms with van der Waals surface area (Å²) in [5.41, 5.74) is 0.752. The number of Topliss-reactive ketones (excluding diaryl/α,β-unsaturated/α-hetero) is 1. The van der Waals surface area contributed by atoms with E-state index in [4.69, 9.17) is 4.74 Å². The number of carbonyl (C=O) groups excluding carboxylic acids is 1. The molecule has 0 spiro atoms. The molecule has 0 aliphatic rings. The highest BCUT2D eigenvalue weighted by atomic mass is 79.9. The van der Waals surface area contributed by atoms with E-state index in [9.17, 15) is 4.79 Å². The van der Waals surface area contributed by atoms with Crippen molar-refractivity contribution >= 4 is 37.6 Å². The standard InChI is InChI=1S/C14H18Br2O2/c1-14(2,3)13(17)11(16)7-9-5-6-10(15)12(8-9)18-4/h5-6,8,11H,7H2,1-4H3. The van der Waals surface area contributed by atoms with Crippen LogP contribution in [0, 0.1) is 5.41 Å². The van der Waals surface area contributed by atoms with Crippen LogP contribution in [0.4, 0.5) is 0 Å². The van der Waals surface area contributed by atoms with Crippen molar-refractivity contribution in [2.75, 3.05) is 7.11 Å². The van der Waals surface area contributed by atoms with Crippen LogP contribution in [0.5, 0.6) is 5.75 Å². The number of rotatable bonds is 4. The molecule has 1 atom stereocenters. The Morgan fingerprint density at radius 2 is 2.00 bits per heavy atom. The van der Waals surface area contributed by atoms with Gasteiger partial charge in [-0.3, -0.25) is 4.79 Å². The predicted octanol–water partition coefficient (Wildman–Crippen LogP) is 4.38. The van der Waals surface area contributed by atoms with Gasteiger partial charge in [0.25, 0.3) is 0 Å². The first-order valence-corrected chi connectivity index (χ1v) is 7.47. The fourth-order valence-corrected chi connectivity index (χ4v) is 3.07. The molecule has 0 aliphatic carbocycles. The molecule has 0 radical (unpaired) electrons. The summed E-state index contributed by atoms with van der Waals surface area (Å²) in [5.74, 6) is 1.000. The van der Waals surface area contributed by atoms with Crippen LogP contribution in [0.2, 0.25) is 0 Å². The molecule has 0 N–H and O–H groups in total. The molecule has 0 aromatic heterocycles. The molecule has 18 heavy (non-hydrogen) atoms. The van der Waals surface area contributed by atoms with Gasteiger partial charge in [0, 0.05) is 5.41 Å². The molecule has 0 saturated heterocycles. The number of methoxy groups -OCH3 is 1. The van der Waals surface area contributed by atoms with Crippen LogP contribution < -0.4 is 4.74 Å². The summed E-state index contributed by atoms with van der Waals surface area (Å²) in [5, 5.41) is 0. The molecule has 1 unspecified atom stereocenters. The fraction of sp³-hybridized carbons (Fsp3) is 0.500. The van der Waals surface area contributed by atoms with Crippen LogP contribution in [-0.4, -0.2) is 17.7 Å². The Morgan fingerprint density at radius 3 is 2.50 bits per heavy atom. The Morgan fingerprint density at radius 1 is 1.39 bits per heavy atom.